The second kappa shape index (κ2) is 10.0. The Hall–Kier alpha value is -3.76. The van der Waals surface area contributed by atoms with Crippen molar-refractivity contribution in [3.8, 4) is 11.6 Å². The first-order valence-corrected chi connectivity index (χ1v) is 11.4. The summed E-state index contributed by atoms with van der Waals surface area (Å²) in [5.74, 6) is -1.77. The molecule has 3 aromatic carbocycles. The molecule has 1 heterocycles. The largest absolute Gasteiger partial charge is 0.507 e. The number of H-pyrrole nitrogens is 1. The predicted molar refractivity (Wildman–Crippen MR) is 135 cm³/mol. The number of azo groups is 1. The van der Waals surface area contributed by atoms with Crippen molar-refractivity contribution in [2.45, 2.75) is 0 Å². The second-order valence-electron chi connectivity index (χ2n) is 7.07. The zero-order valence-electron chi connectivity index (χ0n) is 17.3. The average Bonchev–Trinajstić information content (AvgIpc) is 3.14. The van der Waals surface area contributed by atoms with Crippen LogP contribution in [0.25, 0.3) is 17.0 Å². The van der Waals surface area contributed by atoms with Gasteiger partial charge in [-0.2, -0.15) is 0 Å². The molecule has 8 nitrogen and oxygen atoms in total. The molecule has 0 atom stereocenters. The second-order valence-corrected chi connectivity index (χ2v) is 8.84. The molecule has 0 aliphatic heterocycles. The summed E-state index contributed by atoms with van der Waals surface area (Å²) < 4.78 is 1.40. The minimum absolute atomic E-state index is 0.0571. The molecule has 34 heavy (non-hydrogen) atoms. The summed E-state index contributed by atoms with van der Waals surface area (Å²) in [7, 11) is 0. The lowest BCUT2D eigenvalue weighted by atomic mass is 10.1. The summed E-state index contributed by atoms with van der Waals surface area (Å²) in [5.41, 5.74) is 1.06. The van der Waals surface area contributed by atoms with Crippen LogP contribution in [-0.2, 0) is 4.79 Å². The van der Waals surface area contributed by atoms with Gasteiger partial charge in [0.1, 0.15) is 11.4 Å². The van der Waals surface area contributed by atoms with Gasteiger partial charge < -0.3 is 20.5 Å². The van der Waals surface area contributed by atoms with Gasteiger partial charge in [0, 0.05) is 25.5 Å². The molecule has 0 unspecified atom stereocenters. The molecule has 2 amide bonds. The van der Waals surface area contributed by atoms with Gasteiger partial charge in [0.2, 0.25) is 5.88 Å². The number of rotatable bonds is 5. The lowest BCUT2D eigenvalue weighted by molar-refractivity contribution is -0.115. The number of nitrogens with one attached hydrogen (secondary N) is 2. The van der Waals surface area contributed by atoms with Crippen molar-refractivity contribution in [2.24, 2.45) is 10.2 Å². The Morgan fingerprint density at radius 3 is 2.41 bits per heavy atom. The zero-order chi connectivity index (χ0) is 24.2. The molecule has 0 bridgehead atoms. The van der Waals surface area contributed by atoms with Gasteiger partial charge in [-0.15, -0.1) is 10.2 Å². The highest BCUT2D eigenvalue weighted by molar-refractivity contribution is 9.11. The molecule has 0 fully saturated rings. The molecule has 0 saturated heterocycles. The maximum atomic E-state index is 13.0. The molecule has 1 aromatic heterocycles. The topological polar surface area (TPSA) is 127 Å². The minimum atomic E-state index is -0.879. The van der Waals surface area contributed by atoms with Gasteiger partial charge in [-0.25, -0.2) is 0 Å². The van der Waals surface area contributed by atoms with Crippen LogP contribution < -0.4 is 5.32 Å². The highest BCUT2D eigenvalue weighted by Crippen LogP contribution is 2.40. The van der Waals surface area contributed by atoms with Crippen molar-refractivity contribution in [1.29, 1.82) is 0 Å². The highest BCUT2D eigenvalue weighted by Gasteiger charge is 2.18. The van der Waals surface area contributed by atoms with Crippen LogP contribution >= 0.6 is 31.9 Å². The molecule has 0 saturated carbocycles. The number of hydrogen-bond donors (Lipinski definition) is 4. The van der Waals surface area contributed by atoms with Crippen LogP contribution in [0.2, 0.25) is 0 Å². The van der Waals surface area contributed by atoms with Gasteiger partial charge in [0.15, 0.2) is 5.69 Å². The van der Waals surface area contributed by atoms with Crippen LogP contribution in [-0.4, -0.2) is 27.0 Å². The van der Waals surface area contributed by atoms with Crippen molar-refractivity contribution in [1.82, 2.24) is 10.3 Å². The summed E-state index contributed by atoms with van der Waals surface area (Å²) in [6.45, 7) is 0. The molecular weight excluding hydrogens is 568 g/mol. The molecule has 0 spiro atoms. The first-order chi connectivity index (χ1) is 16.3. The molecule has 0 aliphatic rings. The van der Waals surface area contributed by atoms with E-state index in [4.69, 9.17) is 0 Å². The van der Waals surface area contributed by atoms with E-state index < -0.39 is 11.8 Å². The highest BCUT2D eigenvalue weighted by atomic mass is 79.9. The fourth-order valence-electron chi connectivity index (χ4n) is 3.14. The van der Waals surface area contributed by atoms with Gasteiger partial charge in [-0.1, -0.05) is 52.3 Å². The maximum absolute atomic E-state index is 13.0. The maximum Gasteiger partial charge on any atom is 0.311 e. The molecule has 4 N–H and O–H groups in total. The van der Waals surface area contributed by atoms with Gasteiger partial charge in [0.05, 0.1) is 5.52 Å². The van der Waals surface area contributed by atoms with Crippen molar-refractivity contribution in [3.05, 3.63) is 92.5 Å². The molecule has 170 valence electrons. The number of carbonyl (C=O) groups is 2. The van der Waals surface area contributed by atoms with Crippen LogP contribution in [0.15, 0.2) is 91.6 Å². The molecule has 4 aromatic rings. The van der Waals surface area contributed by atoms with Gasteiger partial charge >= 0.3 is 5.91 Å². The monoisotopic (exact) mass is 582 g/mol. The number of aromatic amines is 1. The first kappa shape index (κ1) is 23.4. The normalized spacial score (nSPS) is 11.8. The fourth-order valence-corrected chi connectivity index (χ4v) is 4.47. The predicted octanol–water partition coefficient (Wildman–Crippen LogP) is 6.19. The third kappa shape index (κ3) is 5.08. The number of amides is 2. The molecular formula is C24H16Br2N4O4. The van der Waals surface area contributed by atoms with E-state index in [-0.39, 0.29) is 23.0 Å². The Morgan fingerprint density at radius 1 is 0.971 bits per heavy atom. The fraction of sp³-hybridized carbons (Fsp3) is 0. The molecule has 0 aliphatic carbocycles. The van der Waals surface area contributed by atoms with Crippen molar-refractivity contribution >= 4 is 66.3 Å². The Morgan fingerprint density at radius 2 is 1.68 bits per heavy atom. The van der Waals surface area contributed by atoms with E-state index in [0.29, 0.717) is 26.5 Å². The van der Waals surface area contributed by atoms with E-state index >= 15 is 0 Å². The third-order valence-corrected chi connectivity index (χ3v) is 5.85. The number of nitrogens with zero attached hydrogens (tertiary/aromatic N) is 2. The Bertz CT molecular complexity index is 1460. The van der Waals surface area contributed by atoms with Gasteiger partial charge in [0.25, 0.3) is 5.91 Å². The molecule has 4 rings (SSSR count). The van der Waals surface area contributed by atoms with E-state index in [0.717, 1.165) is 4.47 Å². The quantitative estimate of drug-likeness (QED) is 0.165. The van der Waals surface area contributed by atoms with Crippen LogP contribution in [0.1, 0.15) is 15.9 Å². The number of halogens is 2. The number of aromatic nitrogens is 1. The van der Waals surface area contributed by atoms with E-state index in [1.54, 1.807) is 60.7 Å². The smallest absolute Gasteiger partial charge is 0.311 e. The number of para-hydroxylation sites is 1. The summed E-state index contributed by atoms with van der Waals surface area (Å²) in [4.78, 5) is 28.4. The van der Waals surface area contributed by atoms with Gasteiger partial charge in [-0.05, 0) is 52.3 Å². The molecule has 0 radical (unpaired) electrons. The van der Waals surface area contributed by atoms with Crippen LogP contribution in [0, 0.1) is 0 Å². The summed E-state index contributed by atoms with van der Waals surface area (Å²) in [5, 5.41) is 31.1. The SMILES string of the molecule is O=C(N=Nc1c(O)[nH]c2c(Br)cc(Br)cc12)C(=Cc1ccccc1O)NC(=O)c1ccccc1. The standard InChI is InChI=1S/C24H16Br2N4O4/c25-15-11-16-20(17(26)12-15)28-24(34)21(16)29-30-23(33)18(10-14-8-4-5-9-19(14)31)27-22(32)13-6-2-1-3-7-13/h1-12,28,31,34H,(H,27,32). The summed E-state index contributed by atoms with van der Waals surface area (Å²) in [6.07, 6.45) is 1.31. The Balaban J connectivity index is 1.71. The average molecular weight is 584 g/mol. The Labute approximate surface area is 210 Å². The van der Waals surface area contributed by atoms with Crippen LogP contribution in [0.5, 0.6) is 11.6 Å². The summed E-state index contributed by atoms with van der Waals surface area (Å²) >= 11 is 6.78. The third-order valence-electron chi connectivity index (χ3n) is 4.77. The number of aromatic hydroxyl groups is 2. The lowest BCUT2D eigenvalue weighted by Crippen LogP contribution is -2.26. The number of fused-ring (bicyclic) bond motifs is 1. The minimum Gasteiger partial charge on any atom is -0.507 e. The zero-order valence-corrected chi connectivity index (χ0v) is 20.5. The van der Waals surface area contributed by atoms with Crippen LogP contribution in [0.3, 0.4) is 0 Å². The van der Waals surface area contributed by atoms with E-state index in [9.17, 15) is 19.8 Å². The first-order valence-electron chi connectivity index (χ1n) is 9.85. The van der Waals surface area contributed by atoms with Crippen molar-refractivity contribution in [2.75, 3.05) is 0 Å². The Kier molecular flexibility index (Phi) is 6.90. The lowest BCUT2D eigenvalue weighted by Gasteiger charge is -2.07. The van der Waals surface area contributed by atoms with E-state index in [1.165, 1.54) is 12.1 Å². The van der Waals surface area contributed by atoms with E-state index in [2.05, 4.69) is 52.4 Å². The van der Waals surface area contributed by atoms with Crippen LogP contribution in [0.4, 0.5) is 5.69 Å². The van der Waals surface area contributed by atoms with Gasteiger partial charge in [-0.3, -0.25) is 9.59 Å². The summed E-state index contributed by atoms with van der Waals surface area (Å²) in [6, 6.07) is 18.2. The number of phenols is 1. The molecule has 10 heteroatoms. The number of benzene rings is 3. The van der Waals surface area contributed by atoms with Crippen molar-refractivity contribution in [3.63, 3.8) is 0 Å². The number of phenolic OH excluding ortho intramolecular Hbond substituents is 1. The van der Waals surface area contributed by atoms with Crippen molar-refractivity contribution < 1.29 is 19.8 Å². The number of hydrogen-bond acceptors (Lipinski definition) is 5. The number of carbonyl (C=O) groups excluding carboxylic acids is 2. The van der Waals surface area contributed by atoms with E-state index in [1.807, 2.05) is 0 Å².